The van der Waals surface area contributed by atoms with Crippen molar-refractivity contribution in [1.29, 1.82) is 0 Å². The third-order valence-electron chi connectivity index (χ3n) is 6.73. The van der Waals surface area contributed by atoms with Crippen molar-refractivity contribution in [2.45, 2.75) is 72.5 Å². The highest BCUT2D eigenvalue weighted by molar-refractivity contribution is 6.06. The van der Waals surface area contributed by atoms with Crippen molar-refractivity contribution in [3.8, 4) is 34.5 Å². The van der Waals surface area contributed by atoms with Gasteiger partial charge in [0.05, 0.1) is 12.7 Å². The second-order valence-electron chi connectivity index (χ2n) is 10.3. The molecule has 0 bridgehead atoms. The lowest BCUT2D eigenvalue weighted by Gasteiger charge is -2.33. The maximum Gasteiger partial charge on any atom is 0.202 e. The Bertz CT molecular complexity index is 1320. The number of ether oxygens (including phenoxy) is 2. The number of hydrogen-bond donors (Lipinski definition) is 5. The molecule has 0 aliphatic carbocycles. The van der Waals surface area contributed by atoms with E-state index in [1.165, 1.54) is 24.8 Å². The molecule has 2 aromatic carbocycles. The lowest BCUT2D eigenvalue weighted by molar-refractivity contribution is 0.0190. The fourth-order valence-electron chi connectivity index (χ4n) is 4.53. The molecule has 0 saturated heterocycles. The minimum absolute atomic E-state index is 0.106. The lowest BCUT2D eigenvalue weighted by atomic mass is 9.87. The number of hydrogen-bond acceptors (Lipinski definition) is 8. The van der Waals surface area contributed by atoms with Crippen LogP contribution in [-0.4, -0.2) is 44.5 Å². The number of phenols is 4. The van der Waals surface area contributed by atoms with Crippen LogP contribution in [0, 0.1) is 0 Å². The van der Waals surface area contributed by atoms with Crippen LogP contribution in [0.15, 0.2) is 47.1 Å². The molecule has 210 valence electrons. The molecule has 0 amide bonds. The topological polar surface area (TPSA) is 137 Å². The van der Waals surface area contributed by atoms with Gasteiger partial charge in [-0.15, -0.1) is 0 Å². The highest BCUT2D eigenvalue weighted by atomic mass is 16.5. The van der Waals surface area contributed by atoms with Gasteiger partial charge in [0.1, 0.15) is 40.1 Å². The number of Topliss-reactive ketones (excluding diaryl/α,β-unsaturated/α-hetero) is 1. The first kappa shape index (κ1) is 29.6. The van der Waals surface area contributed by atoms with Crippen molar-refractivity contribution in [3.63, 3.8) is 0 Å². The first-order chi connectivity index (χ1) is 18.4. The minimum Gasteiger partial charge on any atom is -0.507 e. The van der Waals surface area contributed by atoms with Crippen LogP contribution in [0.3, 0.4) is 0 Å². The monoisotopic (exact) mass is 538 g/mol. The number of fused-ring (bicyclic) bond motifs is 1. The number of carbonyl (C=O) groups excluding carboxylic acids is 1. The Morgan fingerprint density at radius 1 is 0.897 bits per heavy atom. The number of aliphatic hydroxyl groups is 1. The molecule has 0 spiro atoms. The van der Waals surface area contributed by atoms with Gasteiger partial charge >= 0.3 is 0 Å². The summed E-state index contributed by atoms with van der Waals surface area (Å²) in [6.45, 7) is 9.80. The molecule has 8 heteroatoms. The van der Waals surface area contributed by atoms with Crippen LogP contribution >= 0.6 is 0 Å². The molecule has 39 heavy (non-hydrogen) atoms. The summed E-state index contributed by atoms with van der Waals surface area (Å²) in [5.74, 6) is -2.37. The van der Waals surface area contributed by atoms with Crippen LogP contribution in [0.4, 0.5) is 0 Å². The number of carbonyl (C=O) groups is 1. The Labute approximate surface area is 229 Å². The first-order valence-electron chi connectivity index (χ1n) is 12.9. The molecule has 1 aliphatic heterocycles. The van der Waals surface area contributed by atoms with Crippen LogP contribution in [0.2, 0.25) is 0 Å². The van der Waals surface area contributed by atoms with Crippen LogP contribution in [-0.2, 0) is 12.8 Å². The fourth-order valence-corrected chi connectivity index (χ4v) is 4.53. The molecule has 0 fully saturated rings. The molecule has 1 aliphatic rings. The average Bonchev–Trinajstić information content (AvgIpc) is 2.85. The predicted octanol–water partition coefficient (Wildman–Crippen LogP) is 5.94. The van der Waals surface area contributed by atoms with Gasteiger partial charge in [-0.2, -0.15) is 0 Å². The van der Waals surface area contributed by atoms with Gasteiger partial charge in [-0.25, -0.2) is 0 Å². The summed E-state index contributed by atoms with van der Waals surface area (Å²) in [7, 11) is 1.36. The van der Waals surface area contributed by atoms with Crippen molar-refractivity contribution in [2.24, 2.45) is 0 Å². The number of aromatic hydroxyl groups is 4. The number of rotatable bonds is 9. The van der Waals surface area contributed by atoms with Crippen molar-refractivity contribution >= 4 is 5.78 Å². The molecule has 3 rings (SSSR count). The number of phenolic OH excluding ortho intramolecular Hbond substituents is 4. The van der Waals surface area contributed by atoms with Crippen LogP contribution < -0.4 is 9.47 Å². The summed E-state index contributed by atoms with van der Waals surface area (Å²) in [6.07, 6.45) is 4.55. The van der Waals surface area contributed by atoms with E-state index in [0.29, 0.717) is 0 Å². The van der Waals surface area contributed by atoms with Gasteiger partial charge in [0.2, 0.25) is 5.78 Å². The van der Waals surface area contributed by atoms with E-state index >= 15 is 0 Å². The zero-order valence-corrected chi connectivity index (χ0v) is 23.3. The second kappa shape index (κ2) is 12.3. The van der Waals surface area contributed by atoms with E-state index in [1.54, 1.807) is 0 Å². The van der Waals surface area contributed by atoms with Crippen molar-refractivity contribution in [1.82, 2.24) is 0 Å². The Morgan fingerprint density at radius 2 is 1.49 bits per heavy atom. The molecule has 1 heterocycles. The SMILES string of the molecule is COc1cc(O)c([C@H]2Oc3c(CC=C(C)C)c(O)c(C/C=C(\C)CCC=C(C)C)c(O)c3C(=O)[C@H]2O)c(O)c1. The Morgan fingerprint density at radius 3 is 2.05 bits per heavy atom. The van der Waals surface area contributed by atoms with Crippen LogP contribution in [0.1, 0.15) is 80.6 Å². The zero-order chi connectivity index (χ0) is 29.0. The van der Waals surface area contributed by atoms with Gasteiger partial charge < -0.3 is 35.0 Å². The van der Waals surface area contributed by atoms with Crippen molar-refractivity contribution in [3.05, 3.63) is 69.3 Å². The largest absolute Gasteiger partial charge is 0.507 e. The lowest BCUT2D eigenvalue weighted by Crippen LogP contribution is -2.37. The van der Waals surface area contributed by atoms with Gasteiger partial charge in [0.15, 0.2) is 12.2 Å². The molecule has 0 aromatic heterocycles. The van der Waals surface area contributed by atoms with Crippen molar-refractivity contribution < 1.29 is 39.8 Å². The van der Waals surface area contributed by atoms with E-state index in [0.717, 1.165) is 24.0 Å². The van der Waals surface area contributed by atoms with E-state index < -0.39 is 35.2 Å². The second-order valence-corrected chi connectivity index (χ2v) is 10.3. The molecule has 0 radical (unpaired) electrons. The standard InChI is InChI=1S/C31H38O8/c1-16(2)8-7-9-18(5)11-13-20-26(34)21(12-10-17(3)4)30-25(27(20)35)28(36)29(37)31(39-30)24-22(32)14-19(38-6)15-23(24)33/h8,10-11,14-15,29,31-35,37H,7,9,12-13H2,1-6H3/b18-11+/t29-,31-/m1/s1. The summed E-state index contributed by atoms with van der Waals surface area (Å²) in [5.41, 5.74) is 3.20. The van der Waals surface area contributed by atoms with E-state index in [4.69, 9.17) is 9.47 Å². The van der Waals surface area contributed by atoms with Crippen LogP contribution in [0.5, 0.6) is 34.5 Å². The fraction of sp³-hybridized carbons (Fsp3) is 0.387. The highest BCUT2D eigenvalue weighted by Gasteiger charge is 2.44. The molecule has 0 unspecified atom stereocenters. The van der Waals surface area contributed by atoms with Gasteiger partial charge in [0.25, 0.3) is 0 Å². The molecule has 2 aromatic rings. The Hall–Kier alpha value is -3.91. The predicted molar refractivity (Wildman–Crippen MR) is 149 cm³/mol. The average molecular weight is 539 g/mol. The third-order valence-corrected chi connectivity index (χ3v) is 6.73. The van der Waals surface area contributed by atoms with E-state index in [1.807, 2.05) is 46.8 Å². The summed E-state index contributed by atoms with van der Waals surface area (Å²) in [4.78, 5) is 13.5. The number of methoxy groups -OCH3 is 1. The maximum atomic E-state index is 13.5. The van der Waals surface area contributed by atoms with Gasteiger partial charge in [0, 0.05) is 23.3 Å². The quantitative estimate of drug-likeness (QED) is 0.248. The van der Waals surface area contributed by atoms with E-state index in [2.05, 4.69) is 6.08 Å². The maximum absolute atomic E-state index is 13.5. The molecular formula is C31H38O8. The minimum atomic E-state index is -1.84. The molecule has 8 nitrogen and oxygen atoms in total. The molecule has 0 saturated carbocycles. The molecule has 5 N–H and O–H groups in total. The van der Waals surface area contributed by atoms with E-state index in [-0.39, 0.29) is 52.3 Å². The van der Waals surface area contributed by atoms with Crippen LogP contribution in [0.25, 0.3) is 0 Å². The zero-order valence-electron chi connectivity index (χ0n) is 23.3. The molecule has 2 atom stereocenters. The number of ketones is 1. The highest BCUT2D eigenvalue weighted by Crippen LogP contribution is 2.51. The Balaban J connectivity index is 2.14. The Kier molecular flexibility index (Phi) is 9.35. The van der Waals surface area contributed by atoms with Gasteiger partial charge in [-0.1, -0.05) is 34.9 Å². The summed E-state index contributed by atoms with van der Waals surface area (Å²) in [6, 6.07) is 2.44. The summed E-state index contributed by atoms with van der Waals surface area (Å²) in [5, 5.41) is 54.5. The number of benzene rings is 2. The molecular weight excluding hydrogens is 500 g/mol. The normalized spacial score (nSPS) is 16.8. The van der Waals surface area contributed by atoms with E-state index in [9.17, 15) is 30.3 Å². The summed E-state index contributed by atoms with van der Waals surface area (Å²) < 4.78 is 11.1. The smallest absolute Gasteiger partial charge is 0.202 e. The summed E-state index contributed by atoms with van der Waals surface area (Å²) >= 11 is 0. The third kappa shape index (κ3) is 6.40. The number of aliphatic hydroxyl groups excluding tert-OH is 1. The first-order valence-corrected chi connectivity index (χ1v) is 12.9. The van der Waals surface area contributed by atoms with Gasteiger partial charge in [-0.05, 0) is 60.3 Å². The van der Waals surface area contributed by atoms with Gasteiger partial charge in [-0.3, -0.25) is 4.79 Å². The number of allylic oxidation sites excluding steroid dienone is 6. The van der Waals surface area contributed by atoms with Crippen molar-refractivity contribution in [2.75, 3.05) is 7.11 Å².